The third-order valence-electron chi connectivity index (χ3n) is 5.41. The molecule has 0 unspecified atom stereocenters. The zero-order valence-electron chi connectivity index (χ0n) is 19.7. The van der Waals surface area contributed by atoms with Gasteiger partial charge in [-0.05, 0) is 38.5 Å². The number of hydrogen-bond acceptors (Lipinski definition) is 4. The number of ether oxygens (including phenoxy) is 1. The van der Waals surface area contributed by atoms with Crippen LogP contribution in [0.2, 0.25) is 0 Å². The predicted molar refractivity (Wildman–Crippen MR) is 125 cm³/mol. The summed E-state index contributed by atoms with van der Waals surface area (Å²) in [5.41, 5.74) is 0. The Labute approximate surface area is 185 Å². The molecule has 0 aromatic rings. The molecule has 0 amide bonds. The van der Waals surface area contributed by atoms with E-state index in [1.807, 2.05) is 0 Å². The number of aliphatic hydroxyl groups excluding tert-OH is 1. The molecule has 0 fully saturated rings. The van der Waals surface area contributed by atoms with Crippen molar-refractivity contribution >= 4 is 11.9 Å². The van der Waals surface area contributed by atoms with Crippen LogP contribution in [-0.4, -0.2) is 23.7 Å². The van der Waals surface area contributed by atoms with Crippen LogP contribution in [0.1, 0.15) is 135 Å². The number of rotatable bonds is 22. The molecule has 0 aliphatic carbocycles. The van der Waals surface area contributed by atoms with Crippen LogP contribution in [0, 0.1) is 0 Å². The van der Waals surface area contributed by atoms with Gasteiger partial charge in [0.25, 0.3) is 0 Å². The lowest BCUT2D eigenvalue weighted by molar-refractivity contribution is -0.159. The molecule has 0 saturated carbocycles. The van der Waals surface area contributed by atoms with Crippen molar-refractivity contribution in [2.45, 2.75) is 135 Å². The summed E-state index contributed by atoms with van der Waals surface area (Å²) >= 11 is 0. The molecular formula is C26H48O4. The van der Waals surface area contributed by atoms with E-state index in [2.05, 4.69) is 19.1 Å². The molecule has 0 radical (unpaired) electrons. The highest BCUT2D eigenvalue weighted by molar-refractivity contribution is 5.85. The predicted octanol–water partition coefficient (Wildman–Crippen LogP) is 7.43. The Bertz CT molecular complexity index is 417. The van der Waals surface area contributed by atoms with Gasteiger partial charge >= 0.3 is 11.9 Å². The molecule has 176 valence electrons. The summed E-state index contributed by atoms with van der Waals surface area (Å²) in [5.74, 6) is -0.722. The molecule has 0 aliphatic rings. The summed E-state index contributed by atoms with van der Waals surface area (Å²) in [5, 5.41) is 8.72. The molecule has 0 bridgehead atoms. The first-order valence-electron chi connectivity index (χ1n) is 12.7. The summed E-state index contributed by atoms with van der Waals surface area (Å²) < 4.78 is 4.92. The van der Waals surface area contributed by atoms with Gasteiger partial charge in [-0.25, -0.2) is 0 Å². The van der Waals surface area contributed by atoms with Gasteiger partial charge in [0.2, 0.25) is 0 Å². The highest BCUT2D eigenvalue weighted by Crippen LogP contribution is 2.12. The number of carbonyl (C=O) groups excluding carboxylic acids is 2. The van der Waals surface area contributed by atoms with Crippen molar-refractivity contribution in [3.8, 4) is 0 Å². The van der Waals surface area contributed by atoms with Crippen molar-refractivity contribution in [3.05, 3.63) is 12.2 Å². The Kier molecular flexibility index (Phi) is 23.2. The summed E-state index contributed by atoms with van der Waals surface area (Å²) in [6, 6.07) is 0. The fraction of sp³-hybridized carbons (Fsp3) is 0.846. The third kappa shape index (κ3) is 23.1. The maximum atomic E-state index is 11.7. The number of aliphatic hydroxyl groups is 1. The normalized spacial score (nSPS) is 11.3. The topological polar surface area (TPSA) is 63.6 Å². The smallest absolute Gasteiger partial charge is 0.313 e. The molecule has 0 atom stereocenters. The van der Waals surface area contributed by atoms with Crippen molar-refractivity contribution < 1.29 is 19.4 Å². The summed E-state index contributed by atoms with van der Waals surface area (Å²) in [4.78, 5) is 23.4. The van der Waals surface area contributed by atoms with E-state index in [9.17, 15) is 9.59 Å². The van der Waals surface area contributed by atoms with Crippen LogP contribution in [-0.2, 0) is 14.3 Å². The van der Waals surface area contributed by atoms with Gasteiger partial charge in [0.15, 0.2) is 0 Å². The zero-order chi connectivity index (χ0) is 22.1. The van der Waals surface area contributed by atoms with Crippen LogP contribution in [0.25, 0.3) is 0 Å². The summed E-state index contributed by atoms with van der Waals surface area (Å²) in [6.07, 6.45) is 25.5. The minimum Gasteiger partial charge on any atom is -0.396 e. The van der Waals surface area contributed by atoms with Crippen LogP contribution in [0.15, 0.2) is 12.2 Å². The molecule has 1 N–H and O–H groups in total. The van der Waals surface area contributed by atoms with Gasteiger partial charge in [-0.1, -0.05) is 96.1 Å². The molecule has 0 spiro atoms. The Morgan fingerprint density at radius 2 is 1.00 bits per heavy atom. The average Bonchev–Trinajstić information content (AvgIpc) is 2.73. The zero-order valence-corrected chi connectivity index (χ0v) is 19.7. The number of allylic oxidation sites excluding steroid dienone is 2. The van der Waals surface area contributed by atoms with Crippen molar-refractivity contribution in [2.75, 3.05) is 6.61 Å². The van der Waals surface area contributed by atoms with Crippen LogP contribution in [0.4, 0.5) is 0 Å². The van der Waals surface area contributed by atoms with E-state index in [1.54, 1.807) is 0 Å². The quantitative estimate of drug-likeness (QED) is 0.0849. The van der Waals surface area contributed by atoms with Crippen LogP contribution in [0.3, 0.4) is 0 Å². The summed E-state index contributed by atoms with van der Waals surface area (Å²) in [6.45, 7) is 2.52. The van der Waals surface area contributed by atoms with Crippen molar-refractivity contribution in [2.24, 2.45) is 0 Å². The molecule has 0 saturated heterocycles. The molecule has 4 nitrogen and oxygen atoms in total. The van der Waals surface area contributed by atoms with Gasteiger partial charge in [-0.2, -0.15) is 0 Å². The second-order valence-electron chi connectivity index (χ2n) is 8.42. The highest BCUT2D eigenvalue weighted by Gasteiger charge is 2.09. The van der Waals surface area contributed by atoms with E-state index in [0.29, 0.717) is 19.4 Å². The largest absolute Gasteiger partial charge is 0.396 e. The van der Waals surface area contributed by atoms with Crippen LogP contribution >= 0.6 is 0 Å². The molecule has 0 rings (SSSR count). The fourth-order valence-corrected chi connectivity index (χ4v) is 3.47. The lowest BCUT2D eigenvalue weighted by Gasteiger charge is -2.04. The average molecular weight is 425 g/mol. The molecule has 0 heterocycles. The van der Waals surface area contributed by atoms with E-state index < -0.39 is 0 Å². The van der Waals surface area contributed by atoms with Crippen molar-refractivity contribution in [1.29, 1.82) is 0 Å². The molecule has 30 heavy (non-hydrogen) atoms. The molecular weight excluding hydrogens is 376 g/mol. The Morgan fingerprint density at radius 1 is 0.600 bits per heavy atom. The Morgan fingerprint density at radius 3 is 1.47 bits per heavy atom. The van der Waals surface area contributed by atoms with Crippen molar-refractivity contribution in [3.63, 3.8) is 0 Å². The van der Waals surface area contributed by atoms with Crippen molar-refractivity contribution in [1.82, 2.24) is 0 Å². The maximum Gasteiger partial charge on any atom is 0.313 e. The number of carbonyl (C=O) groups is 2. The molecule has 4 heteroatoms. The van der Waals surface area contributed by atoms with Gasteiger partial charge in [-0.15, -0.1) is 0 Å². The lowest BCUT2D eigenvalue weighted by Crippen LogP contribution is -2.11. The molecule has 0 aliphatic heterocycles. The van der Waals surface area contributed by atoms with Crippen LogP contribution in [0.5, 0.6) is 0 Å². The summed E-state index contributed by atoms with van der Waals surface area (Å²) in [7, 11) is 0. The second kappa shape index (κ2) is 24.1. The highest BCUT2D eigenvalue weighted by atomic mass is 16.6. The standard InChI is InChI=1S/C26H48O4/c1-2-3-4-5-6-7-8-10-13-16-19-22-25(28)30-26(29)23-20-17-14-11-9-12-15-18-21-24-27/h5-6,27H,2-4,7-24H2,1H3. The minimum absolute atomic E-state index is 0.302. The van der Waals surface area contributed by atoms with E-state index in [1.165, 1.54) is 57.8 Å². The van der Waals surface area contributed by atoms with Gasteiger partial charge in [0.05, 0.1) is 0 Å². The molecule has 0 aromatic carbocycles. The van der Waals surface area contributed by atoms with E-state index >= 15 is 0 Å². The third-order valence-corrected chi connectivity index (χ3v) is 5.41. The van der Waals surface area contributed by atoms with E-state index in [-0.39, 0.29) is 11.9 Å². The Hall–Kier alpha value is -1.16. The number of esters is 2. The van der Waals surface area contributed by atoms with Gasteiger partial charge in [0.1, 0.15) is 0 Å². The van der Waals surface area contributed by atoms with E-state index in [0.717, 1.165) is 57.8 Å². The lowest BCUT2D eigenvalue weighted by atomic mass is 10.1. The van der Waals surface area contributed by atoms with Gasteiger partial charge < -0.3 is 9.84 Å². The first kappa shape index (κ1) is 28.8. The first-order valence-corrected chi connectivity index (χ1v) is 12.7. The maximum absolute atomic E-state index is 11.7. The Balaban J connectivity index is 3.36. The minimum atomic E-state index is -0.362. The van der Waals surface area contributed by atoms with E-state index in [4.69, 9.17) is 9.84 Å². The number of unbranched alkanes of at least 4 members (excludes halogenated alkanes) is 15. The first-order chi connectivity index (χ1) is 14.7. The monoisotopic (exact) mass is 424 g/mol. The number of hydrogen-bond donors (Lipinski definition) is 1. The second-order valence-corrected chi connectivity index (χ2v) is 8.42. The SMILES string of the molecule is CCCCC=CCCCCCCCC(=O)OC(=O)CCCCCCCCCCCO. The van der Waals surface area contributed by atoms with Crippen LogP contribution < -0.4 is 0 Å². The van der Waals surface area contributed by atoms with Gasteiger partial charge in [-0.3, -0.25) is 9.59 Å². The molecule has 0 aromatic heterocycles. The van der Waals surface area contributed by atoms with Gasteiger partial charge in [0, 0.05) is 19.4 Å². The fourth-order valence-electron chi connectivity index (χ4n) is 3.47.